The molecule has 0 radical (unpaired) electrons. The number of nitrogens with two attached hydrogens (primary N) is 1. The largest absolute Gasteiger partial charge is 0.398 e. The molecule has 2 aromatic rings. The van der Waals surface area contributed by atoms with Crippen molar-refractivity contribution in [1.29, 1.82) is 0 Å². The highest BCUT2D eigenvalue weighted by Gasteiger charge is 2.19. The molecule has 0 saturated carbocycles. The van der Waals surface area contributed by atoms with Crippen molar-refractivity contribution in [2.24, 2.45) is 0 Å². The van der Waals surface area contributed by atoms with Crippen LogP contribution in [-0.4, -0.2) is 24.0 Å². The third kappa shape index (κ3) is 4.06. The van der Waals surface area contributed by atoms with Crippen molar-refractivity contribution in [1.82, 2.24) is 10.2 Å². The molecule has 3 rings (SSSR count). The zero-order valence-electron chi connectivity index (χ0n) is 12.3. The van der Waals surface area contributed by atoms with E-state index in [-0.39, 0.29) is 0 Å². The number of hydrogen-bond donors (Lipinski definition) is 2. The summed E-state index contributed by atoms with van der Waals surface area (Å²) in [7, 11) is 0. The van der Waals surface area contributed by atoms with Crippen LogP contribution in [-0.2, 0) is 13.1 Å². The summed E-state index contributed by atoms with van der Waals surface area (Å²) in [5, 5.41) is 5.73. The van der Waals surface area contributed by atoms with Crippen molar-refractivity contribution in [3.63, 3.8) is 0 Å². The maximum Gasteiger partial charge on any atom is 0.0468 e. The third-order valence-corrected chi connectivity index (χ3v) is 5.02. The third-order valence-electron chi connectivity index (χ3n) is 4.09. The monoisotopic (exact) mass is 301 g/mol. The van der Waals surface area contributed by atoms with E-state index in [1.54, 1.807) is 11.3 Å². The number of nitrogen functional groups attached to an aromatic ring is 1. The topological polar surface area (TPSA) is 41.3 Å². The van der Waals surface area contributed by atoms with Crippen LogP contribution in [0.4, 0.5) is 5.69 Å². The Hall–Kier alpha value is -1.36. The molecule has 21 heavy (non-hydrogen) atoms. The normalized spacial score (nSPS) is 19.7. The van der Waals surface area contributed by atoms with Gasteiger partial charge in [-0.2, -0.15) is 0 Å². The number of rotatable bonds is 5. The minimum atomic E-state index is 0.573. The quantitative estimate of drug-likeness (QED) is 0.892. The molecule has 1 aromatic carbocycles. The van der Waals surface area contributed by atoms with Crippen LogP contribution in [0, 0.1) is 0 Å². The van der Waals surface area contributed by atoms with Gasteiger partial charge in [0.1, 0.15) is 0 Å². The van der Waals surface area contributed by atoms with Crippen molar-refractivity contribution in [2.75, 3.05) is 18.8 Å². The number of thiophene rings is 1. The number of hydrogen-bond acceptors (Lipinski definition) is 4. The van der Waals surface area contributed by atoms with Crippen LogP contribution in [0.5, 0.6) is 0 Å². The van der Waals surface area contributed by atoms with Crippen LogP contribution in [0.2, 0.25) is 0 Å². The van der Waals surface area contributed by atoms with Crippen LogP contribution >= 0.6 is 11.3 Å². The lowest BCUT2D eigenvalue weighted by molar-refractivity contribution is 0.183. The molecule has 1 unspecified atom stereocenters. The highest BCUT2D eigenvalue weighted by atomic mass is 32.1. The fourth-order valence-electron chi connectivity index (χ4n) is 2.94. The number of likely N-dealkylation sites (tertiary alicyclic amines) is 1. The van der Waals surface area contributed by atoms with Gasteiger partial charge in [0.05, 0.1) is 0 Å². The molecular formula is C17H23N3S. The Labute approximate surface area is 130 Å². The van der Waals surface area contributed by atoms with E-state index in [9.17, 15) is 0 Å². The minimum Gasteiger partial charge on any atom is -0.398 e. The van der Waals surface area contributed by atoms with Gasteiger partial charge in [0.25, 0.3) is 0 Å². The molecule has 1 aliphatic heterocycles. The van der Waals surface area contributed by atoms with Crippen LogP contribution in [0.15, 0.2) is 41.8 Å². The van der Waals surface area contributed by atoms with Gasteiger partial charge in [0, 0.05) is 36.2 Å². The van der Waals surface area contributed by atoms with Crippen molar-refractivity contribution in [3.05, 3.63) is 52.2 Å². The summed E-state index contributed by atoms with van der Waals surface area (Å²) in [4.78, 5) is 3.81. The van der Waals surface area contributed by atoms with Crippen molar-refractivity contribution >= 4 is 17.0 Å². The van der Waals surface area contributed by atoms with E-state index in [1.165, 1.54) is 29.8 Å². The fourth-order valence-corrected chi connectivity index (χ4v) is 3.69. The van der Waals surface area contributed by atoms with Gasteiger partial charge in [-0.15, -0.1) is 11.3 Å². The van der Waals surface area contributed by atoms with E-state index >= 15 is 0 Å². The van der Waals surface area contributed by atoms with Gasteiger partial charge < -0.3 is 11.1 Å². The number of nitrogens with zero attached hydrogens (tertiary/aromatic N) is 1. The lowest BCUT2D eigenvalue weighted by Gasteiger charge is -2.33. The molecule has 1 aromatic heterocycles. The second kappa shape index (κ2) is 7.07. The van der Waals surface area contributed by atoms with Gasteiger partial charge in [-0.05, 0) is 36.4 Å². The Bertz CT molecular complexity index is 552. The molecular weight excluding hydrogens is 278 g/mol. The Morgan fingerprint density at radius 1 is 1.24 bits per heavy atom. The van der Waals surface area contributed by atoms with Gasteiger partial charge in [-0.25, -0.2) is 0 Å². The Balaban J connectivity index is 1.50. The first-order valence-corrected chi connectivity index (χ1v) is 8.51. The number of benzene rings is 1. The van der Waals surface area contributed by atoms with Gasteiger partial charge in [-0.3, -0.25) is 4.90 Å². The Morgan fingerprint density at radius 3 is 2.86 bits per heavy atom. The summed E-state index contributed by atoms with van der Waals surface area (Å²) in [6.45, 7) is 4.28. The molecule has 3 nitrogen and oxygen atoms in total. The fraction of sp³-hybridized carbons (Fsp3) is 0.412. The van der Waals surface area contributed by atoms with Crippen molar-refractivity contribution < 1.29 is 0 Å². The molecule has 0 aliphatic carbocycles. The van der Waals surface area contributed by atoms with Crippen LogP contribution < -0.4 is 11.1 Å². The minimum absolute atomic E-state index is 0.573. The molecule has 1 aliphatic rings. The molecule has 0 amide bonds. The van der Waals surface area contributed by atoms with E-state index in [0.717, 1.165) is 25.3 Å². The van der Waals surface area contributed by atoms with Gasteiger partial charge in [0.2, 0.25) is 0 Å². The molecule has 0 spiro atoms. The number of anilines is 1. The summed E-state index contributed by atoms with van der Waals surface area (Å²) in [6.07, 6.45) is 2.53. The second-order valence-electron chi connectivity index (χ2n) is 5.74. The van der Waals surface area contributed by atoms with Gasteiger partial charge >= 0.3 is 0 Å². The van der Waals surface area contributed by atoms with Crippen molar-refractivity contribution in [3.8, 4) is 0 Å². The van der Waals surface area contributed by atoms with E-state index in [2.05, 4.69) is 45.9 Å². The lowest BCUT2D eigenvalue weighted by Crippen LogP contribution is -2.44. The Kier molecular flexibility index (Phi) is 4.91. The molecule has 1 saturated heterocycles. The summed E-state index contributed by atoms with van der Waals surface area (Å²) in [5.41, 5.74) is 8.27. The van der Waals surface area contributed by atoms with E-state index in [1.807, 2.05) is 6.07 Å². The average molecular weight is 301 g/mol. The summed E-state index contributed by atoms with van der Waals surface area (Å²) < 4.78 is 0. The van der Waals surface area contributed by atoms with Crippen molar-refractivity contribution in [2.45, 2.75) is 32.0 Å². The SMILES string of the molecule is Nc1ccsc1CNC1CCCN(Cc2ccccc2)C1. The highest BCUT2D eigenvalue weighted by Crippen LogP contribution is 2.20. The highest BCUT2D eigenvalue weighted by molar-refractivity contribution is 7.10. The maximum absolute atomic E-state index is 5.95. The van der Waals surface area contributed by atoms with Crippen LogP contribution in [0.3, 0.4) is 0 Å². The summed E-state index contributed by atoms with van der Waals surface area (Å²) in [6, 6.07) is 13.3. The zero-order valence-corrected chi connectivity index (χ0v) is 13.1. The Morgan fingerprint density at radius 2 is 2.10 bits per heavy atom. The standard InChI is InChI=1S/C17H23N3S/c18-16-8-10-21-17(16)11-19-15-7-4-9-20(13-15)12-14-5-2-1-3-6-14/h1-3,5-6,8,10,15,19H,4,7,9,11-13,18H2. The summed E-state index contributed by atoms with van der Waals surface area (Å²) in [5.74, 6) is 0. The molecule has 1 atom stereocenters. The lowest BCUT2D eigenvalue weighted by atomic mass is 10.0. The maximum atomic E-state index is 5.95. The molecule has 4 heteroatoms. The molecule has 0 bridgehead atoms. The molecule has 3 N–H and O–H groups in total. The molecule has 2 heterocycles. The smallest absolute Gasteiger partial charge is 0.0468 e. The first-order chi connectivity index (χ1) is 10.3. The van der Waals surface area contributed by atoms with Gasteiger partial charge in [0.15, 0.2) is 0 Å². The summed E-state index contributed by atoms with van der Waals surface area (Å²) >= 11 is 1.74. The first kappa shape index (κ1) is 14.6. The zero-order chi connectivity index (χ0) is 14.5. The average Bonchev–Trinajstić information content (AvgIpc) is 2.92. The second-order valence-corrected chi connectivity index (χ2v) is 6.74. The van der Waals surface area contributed by atoms with Crippen LogP contribution in [0.25, 0.3) is 0 Å². The van der Waals surface area contributed by atoms with E-state index in [4.69, 9.17) is 5.73 Å². The molecule has 1 fully saturated rings. The van der Waals surface area contributed by atoms with E-state index < -0.39 is 0 Å². The molecule has 112 valence electrons. The predicted molar refractivity (Wildman–Crippen MR) is 90.3 cm³/mol. The van der Waals surface area contributed by atoms with E-state index in [0.29, 0.717) is 6.04 Å². The van der Waals surface area contributed by atoms with Gasteiger partial charge in [-0.1, -0.05) is 30.3 Å². The predicted octanol–water partition coefficient (Wildman–Crippen LogP) is 3.08. The first-order valence-electron chi connectivity index (χ1n) is 7.63. The van der Waals surface area contributed by atoms with Crippen LogP contribution in [0.1, 0.15) is 23.3 Å². The number of piperidine rings is 1. The number of nitrogens with one attached hydrogen (secondary N) is 1.